The average molecular weight is 295 g/mol. The van der Waals surface area contributed by atoms with Gasteiger partial charge in [0.15, 0.2) is 11.8 Å². The molecule has 0 atom stereocenters. The Balaban J connectivity index is 2.35. The van der Waals surface area contributed by atoms with E-state index in [1.165, 1.54) is 24.3 Å². The molecule has 0 aliphatic rings. The quantitative estimate of drug-likeness (QED) is 0.475. The molecule has 1 aromatic carbocycles. The third-order valence-electron chi connectivity index (χ3n) is 3.30. The molecule has 2 aromatic rings. The predicted molar refractivity (Wildman–Crippen MR) is 73.5 cm³/mol. The van der Waals surface area contributed by atoms with Crippen LogP contribution in [0.4, 0.5) is 0 Å². The summed E-state index contributed by atoms with van der Waals surface area (Å²) in [6, 6.07) is 4.50. The molecule has 0 aliphatic heterocycles. The van der Waals surface area contributed by atoms with Gasteiger partial charge in [0.2, 0.25) is 0 Å². The number of benzene rings is 1. The monoisotopic (exact) mass is 295 g/mol. The van der Waals surface area contributed by atoms with Crippen LogP contribution in [0.15, 0.2) is 24.3 Å². The number of aliphatic hydroxyl groups is 2. The highest BCUT2D eigenvalue weighted by Gasteiger charge is 2.21. The molecule has 0 amide bonds. The number of phenols is 2. The molecular weight excluding hydrogens is 278 g/mol. The van der Waals surface area contributed by atoms with Crippen LogP contribution < -0.4 is 0 Å². The minimum Gasteiger partial charge on any atom is -0.508 e. The number of aliphatic hydroxyl groups excluding tert-OH is 2. The zero-order valence-corrected chi connectivity index (χ0v) is 11.1. The first-order chi connectivity index (χ1) is 9.97. The second-order valence-electron chi connectivity index (χ2n) is 4.73. The molecule has 7 heteroatoms. The molecule has 7 nitrogen and oxygen atoms in total. The lowest BCUT2D eigenvalue weighted by Gasteiger charge is -2.15. The van der Waals surface area contributed by atoms with Gasteiger partial charge in [-0.3, -0.25) is 4.57 Å². The standard InChI is InChI=1S/C14H17NO6/c16-6-10(7-17)15-13(20)4-9(14(15)21)3-8-1-2-11(18)5-12(8)19/h1-2,4-5,10,16-21H,3,6-7H2. The summed E-state index contributed by atoms with van der Waals surface area (Å²) >= 11 is 0. The molecule has 0 radical (unpaired) electrons. The minimum atomic E-state index is -0.854. The average Bonchev–Trinajstić information content (AvgIpc) is 2.71. The van der Waals surface area contributed by atoms with E-state index in [-0.39, 0.29) is 29.7 Å². The summed E-state index contributed by atoms with van der Waals surface area (Å²) in [6.45, 7) is -0.896. The van der Waals surface area contributed by atoms with Crippen LogP contribution in [0.25, 0.3) is 0 Å². The van der Waals surface area contributed by atoms with E-state index in [4.69, 9.17) is 10.2 Å². The molecule has 0 saturated carbocycles. The van der Waals surface area contributed by atoms with Crippen molar-refractivity contribution in [3.8, 4) is 23.3 Å². The van der Waals surface area contributed by atoms with Crippen molar-refractivity contribution in [2.24, 2.45) is 0 Å². The Kier molecular flexibility index (Phi) is 4.25. The first kappa shape index (κ1) is 15.0. The number of rotatable bonds is 5. The molecule has 0 saturated heterocycles. The van der Waals surface area contributed by atoms with Crippen LogP contribution in [0.1, 0.15) is 17.2 Å². The van der Waals surface area contributed by atoms with Gasteiger partial charge >= 0.3 is 0 Å². The van der Waals surface area contributed by atoms with Gasteiger partial charge in [-0.15, -0.1) is 0 Å². The van der Waals surface area contributed by atoms with Crippen molar-refractivity contribution in [1.82, 2.24) is 4.57 Å². The van der Waals surface area contributed by atoms with Gasteiger partial charge in [-0.1, -0.05) is 6.07 Å². The van der Waals surface area contributed by atoms with Gasteiger partial charge in [0.05, 0.1) is 19.3 Å². The molecule has 0 aliphatic carbocycles. The van der Waals surface area contributed by atoms with Crippen LogP contribution in [0.5, 0.6) is 23.3 Å². The summed E-state index contributed by atoms with van der Waals surface area (Å²) in [5, 5.41) is 57.1. The number of aromatic hydroxyl groups is 4. The van der Waals surface area contributed by atoms with Crippen LogP contribution >= 0.6 is 0 Å². The Morgan fingerprint density at radius 1 is 0.905 bits per heavy atom. The number of hydrogen-bond acceptors (Lipinski definition) is 6. The Hall–Kier alpha value is -2.38. The second kappa shape index (κ2) is 5.94. The van der Waals surface area contributed by atoms with Gasteiger partial charge in [-0.05, 0) is 11.6 Å². The van der Waals surface area contributed by atoms with Gasteiger partial charge in [0.25, 0.3) is 0 Å². The zero-order chi connectivity index (χ0) is 15.6. The fourth-order valence-corrected chi connectivity index (χ4v) is 2.17. The number of aromatic nitrogens is 1. The maximum absolute atomic E-state index is 10.1. The molecule has 2 rings (SSSR count). The lowest BCUT2D eigenvalue weighted by molar-refractivity contribution is 0.141. The van der Waals surface area contributed by atoms with Crippen LogP contribution in [0.3, 0.4) is 0 Å². The van der Waals surface area contributed by atoms with Gasteiger partial charge < -0.3 is 30.6 Å². The number of phenolic OH excluding ortho intramolecular Hbond substituents is 2. The summed E-state index contributed by atoms with van der Waals surface area (Å²) in [5.74, 6) is -0.814. The molecule has 0 unspecified atom stereocenters. The molecule has 0 fully saturated rings. The number of hydrogen-bond donors (Lipinski definition) is 6. The molecule has 6 N–H and O–H groups in total. The van der Waals surface area contributed by atoms with Gasteiger partial charge in [-0.2, -0.15) is 0 Å². The SMILES string of the molecule is OCC(CO)n1c(O)cc(Cc2ccc(O)cc2O)c1O. The minimum absolute atomic E-state index is 0.0819. The van der Waals surface area contributed by atoms with Gasteiger partial charge in [0.1, 0.15) is 11.5 Å². The zero-order valence-electron chi connectivity index (χ0n) is 11.1. The third kappa shape index (κ3) is 2.88. The molecule has 1 aromatic heterocycles. The smallest absolute Gasteiger partial charge is 0.197 e. The van der Waals surface area contributed by atoms with Crippen molar-refractivity contribution in [2.75, 3.05) is 13.2 Å². The van der Waals surface area contributed by atoms with Crippen molar-refractivity contribution in [3.05, 3.63) is 35.4 Å². The largest absolute Gasteiger partial charge is 0.508 e. The highest BCUT2D eigenvalue weighted by atomic mass is 16.3. The van der Waals surface area contributed by atoms with Crippen LogP contribution in [-0.2, 0) is 6.42 Å². The predicted octanol–water partition coefficient (Wildman–Crippen LogP) is 0.427. The third-order valence-corrected chi connectivity index (χ3v) is 3.30. The highest BCUT2D eigenvalue weighted by molar-refractivity contribution is 5.45. The van der Waals surface area contributed by atoms with E-state index in [0.29, 0.717) is 11.1 Å². The van der Waals surface area contributed by atoms with Crippen molar-refractivity contribution < 1.29 is 30.6 Å². The lowest BCUT2D eigenvalue weighted by atomic mass is 10.1. The molecule has 0 spiro atoms. The fourth-order valence-electron chi connectivity index (χ4n) is 2.17. The maximum Gasteiger partial charge on any atom is 0.197 e. The summed E-state index contributed by atoms with van der Waals surface area (Å²) in [7, 11) is 0. The number of nitrogens with zero attached hydrogens (tertiary/aromatic N) is 1. The lowest BCUT2D eigenvalue weighted by Crippen LogP contribution is -2.16. The highest BCUT2D eigenvalue weighted by Crippen LogP contribution is 2.34. The van der Waals surface area contributed by atoms with E-state index in [0.717, 1.165) is 4.57 Å². The Morgan fingerprint density at radius 3 is 2.14 bits per heavy atom. The van der Waals surface area contributed by atoms with E-state index in [1.54, 1.807) is 0 Å². The first-order valence-electron chi connectivity index (χ1n) is 6.32. The van der Waals surface area contributed by atoms with Crippen molar-refractivity contribution in [2.45, 2.75) is 12.5 Å². The molecule has 0 bridgehead atoms. The van der Waals surface area contributed by atoms with E-state index >= 15 is 0 Å². The maximum atomic E-state index is 10.1. The Labute approximate surface area is 120 Å². The van der Waals surface area contributed by atoms with E-state index in [1.807, 2.05) is 0 Å². The van der Waals surface area contributed by atoms with Crippen LogP contribution in [0, 0.1) is 0 Å². The van der Waals surface area contributed by atoms with E-state index in [9.17, 15) is 20.4 Å². The Bertz CT molecular complexity index is 633. The van der Waals surface area contributed by atoms with Crippen molar-refractivity contribution in [3.63, 3.8) is 0 Å². The topological polar surface area (TPSA) is 126 Å². The normalized spacial score (nSPS) is 11.2. The van der Waals surface area contributed by atoms with E-state index < -0.39 is 19.3 Å². The molecular formula is C14H17NO6. The molecule has 114 valence electrons. The summed E-state index contributed by atoms with van der Waals surface area (Å²) < 4.78 is 1.02. The summed E-state index contributed by atoms with van der Waals surface area (Å²) in [4.78, 5) is 0. The fraction of sp³-hybridized carbons (Fsp3) is 0.286. The molecule has 21 heavy (non-hydrogen) atoms. The first-order valence-corrected chi connectivity index (χ1v) is 6.32. The second-order valence-corrected chi connectivity index (χ2v) is 4.73. The van der Waals surface area contributed by atoms with Crippen molar-refractivity contribution >= 4 is 0 Å². The van der Waals surface area contributed by atoms with Crippen LogP contribution in [-0.4, -0.2) is 48.4 Å². The van der Waals surface area contributed by atoms with Gasteiger partial charge in [-0.25, -0.2) is 0 Å². The van der Waals surface area contributed by atoms with Crippen molar-refractivity contribution in [1.29, 1.82) is 0 Å². The summed E-state index contributed by atoms with van der Waals surface area (Å²) in [6.07, 6.45) is 0.113. The van der Waals surface area contributed by atoms with Crippen LogP contribution in [0.2, 0.25) is 0 Å². The van der Waals surface area contributed by atoms with Gasteiger partial charge in [0, 0.05) is 24.1 Å². The summed E-state index contributed by atoms with van der Waals surface area (Å²) in [5.41, 5.74) is 0.769. The van der Waals surface area contributed by atoms with E-state index in [2.05, 4.69) is 0 Å². The Morgan fingerprint density at radius 2 is 1.57 bits per heavy atom. The molecule has 1 heterocycles.